The summed E-state index contributed by atoms with van der Waals surface area (Å²) >= 11 is 6.65. The van der Waals surface area contributed by atoms with Gasteiger partial charge >= 0.3 is 11.9 Å². The normalized spacial score (nSPS) is 28.7. The molecule has 0 aromatic heterocycles. The molecule has 3 aliphatic heterocycles. The molecule has 0 saturated carbocycles. The van der Waals surface area contributed by atoms with Crippen molar-refractivity contribution in [1.82, 2.24) is 4.90 Å². The topological polar surface area (TPSA) is 84.9 Å². The molecular formula is C23H25ClN2O5. The Morgan fingerprint density at radius 1 is 1.23 bits per heavy atom. The van der Waals surface area contributed by atoms with Gasteiger partial charge in [0, 0.05) is 16.9 Å². The van der Waals surface area contributed by atoms with Crippen molar-refractivity contribution in [3.8, 4) is 0 Å². The van der Waals surface area contributed by atoms with Crippen LogP contribution < -0.4 is 5.32 Å². The largest absolute Gasteiger partial charge is 0.464 e. The van der Waals surface area contributed by atoms with E-state index in [1.807, 2.05) is 0 Å². The minimum absolute atomic E-state index is 0.137. The van der Waals surface area contributed by atoms with Crippen molar-refractivity contribution in [2.45, 2.75) is 50.8 Å². The van der Waals surface area contributed by atoms with E-state index in [4.69, 9.17) is 21.1 Å². The van der Waals surface area contributed by atoms with Gasteiger partial charge in [0.25, 0.3) is 0 Å². The SMILES string of the molecule is CCOC(=O)[C@@H]1[C@@H](C(=O)OC(C)(C)C)[C@]2(C(=O)Nc3ccccc32)[C@H]2C(Cl)=CC=CN12. The zero-order valence-electron chi connectivity index (χ0n) is 17.8. The van der Waals surface area contributed by atoms with Gasteiger partial charge in [-0.15, -0.1) is 0 Å². The molecule has 0 unspecified atom stereocenters. The van der Waals surface area contributed by atoms with E-state index in [0.29, 0.717) is 16.3 Å². The monoisotopic (exact) mass is 444 g/mol. The summed E-state index contributed by atoms with van der Waals surface area (Å²) in [6.07, 6.45) is 5.05. The molecule has 4 atom stereocenters. The molecule has 31 heavy (non-hydrogen) atoms. The van der Waals surface area contributed by atoms with Crippen molar-refractivity contribution in [2.24, 2.45) is 5.92 Å². The highest BCUT2D eigenvalue weighted by atomic mass is 35.5. The second kappa shape index (κ2) is 7.41. The lowest BCUT2D eigenvalue weighted by Crippen LogP contribution is -2.53. The molecule has 3 heterocycles. The number of nitrogens with zero attached hydrogens (tertiary/aromatic N) is 1. The van der Waals surface area contributed by atoms with Crippen molar-refractivity contribution in [3.05, 3.63) is 53.2 Å². The van der Waals surface area contributed by atoms with E-state index in [0.717, 1.165) is 0 Å². The summed E-state index contributed by atoms with van der Waals surface area (Å²) in [5.74, 6) is -2.81. The second-order valence-corrected chi connectivity index (χ2v) is 9.26. The molecule has 164 valence electrons. The van der Waals surface area contributed by atoms with E-state index in [9.17, 15) is 14.4 Å². The Morgan fingerprint density at radius 2 is 1.94 bits per heavy atom. The number of carbonyl (C=O) groups excluding carboxylic acids is 3. The maximum atomic E-state index is 13.7. The third-order valence-corrected chi connectivity index (χ3v) is 6.15. The molecule has 1 fully saturated rings. The van der Waals surface area contributed by atoms with Crippen molar-refractivity contribution in [3.63, 3.8) is 0 Å². The first-order chi connectivity index (χ1) is 14.6. The molecular weight excluding hydrogens is 420 g/mol. The highest BCUT2D eigenvalue weighted by Crippen LogP contribution is 2.57. The van der Waals surface area contributed by atoms with Gasteiger partial charge in [-0.1, -0.05) is 29.8 Å². The molecule has 3 aliphatic rings. The number of para-hydroxylation sites is 1. The fraction of sp³-hybridized carbons (Fsp3) is 0.435. The molecule has 0 bridgehead atoms. The first kappa shape index (κ1) is 21.4. The fourth-order valence-electron chi connectivity index (χ4n) is 4.90. The van der Waals surface area contributed by atoms with Crippen LogP contribution in [0.5, 0.6) is 0 Å². The summed E-state index contributed by atoms with van der Waals surface area (Å²) in [5, 5.41) is 3.24. The number of amides is 1. The first-order valence-electron chi connectivity index (χ1n) is 10.2. The maximum Gasteiger partial charge on any atom is 0.329 e. The van der Waals surface area contributed by atoms with Crippen LogP contribution in [0.1, 0.15) is 33.3 Å². The van der Waals surface area contributed by atoms with Gasteiger partial charge in [-0.05, 0) is 51.5 Å². The van der Waals surface area contributed by atoms with Crippen molar-refractivity contribution in [1.29, 1.82) is 0 Å². The van der Waals surface area contributed by atoms with Gasteiger partial charge in [-0.25, -0.2) is 4.79 Å². The Bertz CT molecular complexity index is 1010. The number of ether oxygens (including phenoxy) is 2. The van der Waals surface area contributed by atoms with Crippen LogP contribution in [0.3, 0.4) is 0 Å². The number of anilines is 1. The molecule has 8 heteroatoms. The van der Waals surface area contributed by atoms with Crippen LogP contribution in [-0.4, -0.2) is 47.0 Å². The van der Waals surface area contributed by atoms with Gasteiger partial charge in [-0.3, -0.25) is 9.59 Å². The number of fused-ring (bicyclic) bond motifs is 4. The number of halogens is 1. The van der Waals surface area contributed by atoms with Crippen molar-refractivity contribution in [2.75, 3.05) is 11.9 Å². The molecule has 0 radical (unpaired) electrons. The van der Waals surface area contributed by atoms with E-state index in [1.54, 1.807) is 75.2 Å². The Morgan fingerprint density at radius 3 is 2.61 bits per heavy atom. The van der Waals surface area contributed by atoms with Gasteiger partial charge in [-0.2, -0.15) is 0 Å². The number of rotatable bonds is 3. The lowest BCUT2D eigenvalue weighted by atomic mass is 9.66. The van der Waals surface area contributed by atoms with Gasteiger partial charge in [0.15, 0.2) is 0 Å². The Kier molecular flexibility index (Phi) is 5.12. The number of carbonyl (C=O) groups is 3. The Balaban J connectivity index is 1.99. The number of allylic oxidation sites excluding steroid dienone is 2. The van der Waals surface area contributed by atoms with Crippen LogP contribution in [0, 0.1) is 5.92 Å². The second-order valence-electron chi connectivity index (χ2n) is 8.82. The van der Waals surface area contributed by atoms with E-state index in [1.165, 1.54) is 0 Å². The summed E-state index contributed by atoms with van der Waals surface area (Å²) < 4.78 is 11.1. The van der Waals surface area contributed by atoms with Crippen LogP contribution >= 0.6 is 11.6 Å². The molecule has 7 nitrogen and oxygen atoms in total. The summed E-state index contributed by atoms with van der Waals surface area (Å²) in [4.78, 5) is 42.1. The van der Waals surface area contributed by atoms with Crippen LogP contribution in [0.4, 0.5) is 5.69 Å². The van der Waals surface area contributed by atoms with Gasteiger partial charge in [0.2, 0.25) is 5.91 Å². The molecule has 0 aliphatic carbocycles. The van der Waals surface area contributed by atoms with Crippen LogP contribution in [0.15, 0.2) is 47.6 Å². The molecule has 1 aromatic rings. The molecule has 1 amide bonds. The molecule has 1 N–H and O–H groups in total. The van der Waals surface area contributed by atoms with E-state index >= 15 is 0 Å². The highest BCUT2D eigenvalue weighted by molar-refractivity contribution is 6.31. The lowest BCUT2D eigenvalue weighted by molar-refractivity contribution is -0.168. The minimum atomic E-state index is -1.45. The predicted molar refractivity (Wildman–Crippen MR) is 115 cm³/mol. The summed E-state index contributed by atoms with van der Waals surface area (Å²) in [7, 11) is 0. The standard InChI is InChI=1S/C23H25ClN2O5/c1-5-30-20(28)17-16(19(27)31-22(2,3)4)23(18-14(24)10-8-12-26(17)18)13-9-6-7-11-15(13)25-21(23)29/h6-12,16-18H,5H2,1-4H3,(H,25,29)/t16-,17-,18+,23-/m0/s1. The zero-order chi connectivity index (χ0) is 22.6. The highest BCUT2D eigenvalue weighted by Gasteiger charge is 2.72. The Labute approximate surface area is 186 Å². The predicted octanol–water partition coefficient (Wildman–Crippen LogP) is 3.10. The van der Waals surface area contributed by atoms with E-state index in [-0.39, 0.29) is 6.61 Å². The van der Waals surface area contributed by atoms with Crippen LogP contribution in [0.2, 0.25) is 0 Å². The summed E-state index contributed by atoms with van der Waals surface area (Å²) in [5.41, 5.74) is -1.07. The summed E-state index contributed by atoms with van der Waals surface area (Å²) in [6, 6.07) is 5.33. The van der Waals surface area contributed by atoms with Crippen LogP contribution in [0.25, 0.3) is 0 Å². The average molecular weight is 445 g/mol. The molecule has 1 saturated heterocycles. The van der Waals surface area contributed by atoms with Gasteiger partial charge in [0.1, 0.15) is 23.0 Å². The molecule has 4 rings (SSSR count). The minimum Gasteiger partial charge on any atom is -0.464 e. The third kappa shape index (κ3) is 3.14. The third-order valence-electron chi connectivity index (χ3n) is 5.82. The van der Waals surface area contributed by atoms with Crippen molar-refractivity contribution < 1.29 is 23.9 Å². The number of nitrogens with one attached hydrogen (secondary N) is 1. The van der Waals surface area contributed by atoms with Gasteiger partial charge < -0.3 is 19.7 Å². The van der Waals surface area contributed by atoms with Crippen molar-refractivity contribution >= 4 is 35.1 Å². The number of esters is 2. The van der Waals surface area contributed by atoms with E-state index < -0.39 is 46.9 Å². The first-order valence-corrected chi connectivity index (χ1v) is 10.6. The molecule has 1 aromatic carbocycles. The number of hydrogen-bond acceptors (Lipinski definition) is 6. The average Bonchev–Trinajstić information content (AvgIpc) is 3.15. The lowest BCUT2D eigenvalue weighted by Gasteiger charge is -2.36. The smallest absolute Gasteiger partial charge is 0.329 e. The maximum absolute atomic E-state index is 13.7. The van der Waals surface area contributed by atoms with Crippen LogP contribution in [-0.2, 0) is 29.3 Å². The van der Waals surface area contributed by atoms with Gasteiger partial charge in [0.05, 0.1) is 12.6 Å². The zero-order valence-corrected chi connectivity index (χ0v) is 18.6. The summed E-state index contributed by atoms with van der Waals surface area (Å²) in [6.45, 7) is 7.06. The fourth-order valence-corrected chi connectivity index (χ4v) is 5.26. The number of benzene rings is 1. The Hall–Kier alpha value is -2.80. The number of hydrogen-bond donors (Lipinski definition) is 1. The van der Waals surface area contributed by atoms with E-state index in [2.05, 4.69) is 5.32 Å². The molecule has 1 spiro atoms. The quantitative estimate of drug-likeness (QED) is 0.721.